The number of aromatic nitrogens is 4. The van der Waals surface area contributed by atoms with Crippen LogP contribution in [-0.4, -0.2) is 76.9 Å². The summed E-state index contributed by atoms with van der Waals surface area (Å²) >= 11 is 1.34. The van der Waals surface area contributed by atoms with Crippen molar-refractivity contribution in [2.24, 2.45) is 0 Å². The summed E-state index contributed by atoms with van der Waals surface area (Å²) in [6, 6.07) is 8.88. The van der Waals surface area contributed by atoms with Crippen molar-refractivity contribution in [3.05, 3.63) is 59.5 Å². The fourth-order valence-corrected chi connectivity index (χ4v) is 5.38. The number of amides is 2. The number of aliphatic hydroxyl groups is 1. The number of likely N-dealkylation sites (N-methyl/N-ethyl adjacent to an activating group) is 1. The Morgan fingerprint density at radius 3 is 2.84 bits per heavy atom. The average Bonchev–Trinajstić information content (AvgIpc) is 3.49. The molecule has 0 saturated carbocycles. The lowest BCUT2D eigenvalue weighted by atomic mass is 9.91. The molecule has 0 atom stereocenters. The number of ether oxygens (including phenoxy) is 1. The number of aliphatic hydroxyl groups excluding tert-OH is 1. The number of fused-ring (bicyclic) bond motifs is 3. The first kappa shape index (κ1) is 24.7. The second-order valence-electron chi connectivity index (χ2n) is 8.46. The Balaban J connectivity index is 1.64. The van der Waals surface area contributed by atoms with E-state index in [1.165, 1.54) is 23.3 Å². The molecule has 2 N–H and O–H groups in total. The number of benzene rings is 1. The summed E-state index contributed by atoms with van der Waals surface area (Å²) in [4.78, 5) is 35.7. The largest absolute Gasteiger partial charge is 0.453 e. The van der Waals surface area contributed by atoms with Gasteiger partial charge in [0.05, 0.1) is 41.4 Å². The van der Waals surface area contributed by atoms with Gasteiger partial charge in [-0.25, -0.2) is 14.5 Å². The number of carbonyl (C=O) groups is 2. The normalized spacial score (nSPS) is 12.0. The highest BCUT2D eigenvalue weighted by atomic mass is 32.1. The molecule has 4 aromatic rings. The Morgan fingerprint density at radius 1 is 1.30 bits per heavy atom. The molecule has 2 radical (unpaired) electrons. The van der Waals surface area contributed by atoms with Crippen LogP contribution in [0.1, 0.15) is 21.6 Å². The number of hydrogen-bond acceptors (Lipinski definition) is 8. The molecule has 0 fully saturated rings. The van der Waals surface area contributed by atoms with E-state index >= 15 is 0 Å². The minimum Gasteiger partial charge on any atom is -0.453 e. The van der Waals surface area contributed by atoms with E-state index in [0.29, 0.717) is 34.7 Å². The third kappa shape index (κ3) is 4.61. The SMILES string of the molecule is [B]c1cc(C(=O)N(C)CCO)ccc1-n1nc(-c2cccnc2)c2c1-c1sc(NC(=O)OC)nc1CC2. The zero-order valence-corrected chi connectivity index (χ0v) is 21.1. The van der Waals surface area contributed by atoms with E-state index in [0.717, 1.165) is 33.1 Å². The maximum atomic E-state index is 12.7. The Morgan fingerprint density at radius 2 is 2.14 bits per heavy atom. The van der Waals surface area contributed by atoms with Gasteiger partial charge < -0.3 is 14.7 Å². The van der Waals surface area contributed by atoms with Crippen LogP contribution in [-0.2, 0) is 17.6 Å². The first-order valence-corrected chi connectivity index (χ1v) is 12.4. The van der Waals surface area contributed by atoms with E-state index in [4.69, 9.17) is 22.8 Å². The molecular weight excluding hydrogens is 491 g/mol. The molecule has 0 spiro atoms. The minimum atomic E-state index is -0.591. The molecule has 37 heavy (non-hydrogen) atoms. The number of rotatable bonds is 6. The number of nitrogens with zero attached hydrogens (tertiary/aromatic N) is 5. The Kier molecular flexibility index (Phi) is 6.77. The molecule has 0 bridgehead atoms. The Labute approximate surface area is 218 Å². The zero-order valence-electron chi connectivity index (χ0n) is 20.3. The van der Waals surface area contributed by atoms with Crippen LogP contribution in [0.3, 0.4) is 0 Å². The smallest absolute Gasteiger partial charge is 0.413 e. The molecule has 1 aromatic carbocycles. The van der Waals surface area contributed by atoms with Gasteiger partial charge in [0.15, 0.2) is 5.13 Å². The van der Waals surface area contributed by atoms with Crippen LogP contribution in [0.15, 0.2) is 42.7 Å². The summed E-state index contributed by atoms with van der Waals surface area (Å²) in [6.07, 6.45) is 4.26. The van der Waals surface area contributed by atoms with Crippen molar-refractivity contribution in [2.45, 2.75) is 12.8 Å². The Bertz CT molecular complexity index is 1490. The second-order valence-corrected chi connectivity index (χ2v) is 9.46. The maximum Gasteiger partial charge on any atom is 0.413 e. The van der Waals surface area contributed by atoms with E-state index < -0.39 is 6.09 Å². The number of pyridine rings is 1. The fourth-order valence-electron chi connectivity index (χ4n) is 4.32. The van der Waals surface area contributed by atoms with Crippen LogP contribution >= 0.6 is 11.3 Å². The van der Waals surface area contributed by atoms with E-state index in [1.54, 1.807) is 42.3 Å². The van der Waals surface area contributed by atoms with E-state index in [2.05, 4.69) is 15.3 Å². The van der Waals surface area contributed by atoms with Gasteiger partial charge in [-0.15, -0.1) is 0 Å². The second kappa shape index (κ2) is 10.2. The predicted molar refractivity (Wildman–Crippen MR) is 141 cm³/mol. The van der Waals surface area contributed by atoms with Gasteiger partial charge in [-0.3, -0.25) is 15.1 Å². The average molecular weight is 514 g/mol. The molecule has 10 nitrogen and oxygen atoms in total. The van der Waals surface area contributed by atoms with E-state index in [1.807, 2.05) is 12.1 Å². The van der Waals surface area contributed by atoms with Crippen LogP contribution in [0.2, 0.25) is 0 Å². The molecule has 12 heteroatoms. The van der Waals surface area contributed by atoms with Gasteiger partial charge in [-0.2, -0.15) is 5.10 Å². The van der Waals surface area contributed by atoms with Crippen molar-refractivity contribution in [2.75, 3.05) is 32.6 Å². The number of carbonyl (C=O) groups excluding carboxylic acids is 2. The molecule has 5 rings (SSSR count). The number of hydrogen-bond donors (Lipinski definition) is 2. The highest BCUT2D eigenvalue weighted by Crippen LogP contribution is 2.43. The summed E-state index contributed by atoms with van der Waals surface area (Å²) in [6.45, 7) is 0.0913. The predicted octanol–water partition coefficient (Wildman–Crippen LogP) is 2.19. The molecule has 1 aliphatic carbocycles. The van der Waals surface area contributed by atoms with Crippen molar-refractivity contribution in [3.8, 4) is 27.5 Å². The van der Waals surface area contributed by atoms with Crippen LogP contribution in [0, 0.1) is 0 Å². The van der Waals surface area contributed by atoms with Crippen LogP contribution in [0.4, 0.5) is 9.93 Å². The summed E-state index contributed by atoms with van der Waals surface area (Å²) in [5.41, 5.74) is 5.75. The summed E-state index contributed by atoms with van der Waals surface area (Å²) < 4.78 is 6.49. The lowest BCUT2D eigenvalue weighted by Gasteiger charge is -2.18. The number of anilines is 1. The summed E-state index contributed by atoms with van der Waals surface area (Å²) in [7, 11) is 9.40. The monoisotopic (exact) mass is 514 g/mol. The molecule has 3 aromatic heterocycles. The number of aryl methyl sites for hydroxylation is 1. The van der Waals surface area contributed by atoms with Crippen LogP contribution in [0.5, 0.6) is 0 Å². The molecule has 0 saturated heterocycles. The van der Waals surface area contributed by atoms with Crippen molar-refractivity contribution in [3.63, 3.8) is 0 Å². The quantitative estimate of drug-likeness (QED) is 0.379. The number of nitrogens with one attached hydrogen (secondary N) is 1. The molecule has 1 aliphatic rings. The van der Waals surface area contributed by atoms with Crippen molar-refractivity contribution >= 4 is 41.8 Å². The molecule has 0 aliphatic heterocycles. The van der Waals surface area contributed by atoms with Gasteiger partial charge in [0.1, 0.15) is 7.85 Å². The first-order chi connectivity index (χ1) is 17.9. The molecule has 0 unspecified atom stereocenters. The van der Waals surface area contributed by atoms with Gasteiger partial charge in [-0.05, 0) is 37.1 Å². The maximum absolute atomic E-state index is 12.7. The zero-order chi connectivity index (χ0) is 26.1. The van der Waals surface area contributed by atoms with Crippen molar-refractivity contribution in [1.82, 2.24) is 24.6 Å². The minimum absolute atomic E-state index is 0.129. The van der Waals surface area contributed by atoms with Gasteiger partial charge in [0, 0.05) is 42.7 Å². The van der Waals surface area contributed by atoms with Crippen LogP contribution in [0.25, 0.3) is 27.5 Å². The van der Waals surface area contributed by atoms with Gasteiger partial charge in [-0.1, -0.05) is 22.9 Å². The topological polar surface area (TPSA) is 122 Å². The van der Waals surface area contributed by atoms with Crippen molar-refractivity contribution < 1.29 is 19.4 Å². The lowest BCUT2D eigenvalue weighted by molar-refractivity contribution is 0.0767. The molecular formula is C25H23BN6O4S. The summed E-state index contributed by atoms with van der Waals surface area (Å²) in [5, 5.41) is 17.2. The van der Waals surface area contributed by atoms with Gasteiger partial charge in [0.25, 0.3) is 5.91 Å². The third-order valence-corrected chi connectivity index (χ3v) is 7.14. The number of methoxy groups -OCH3 is 1. The van der Waals surface area contributed by atoms with Gasteiger partial charge in [0.2, 0.25) is 0 Å². The lowest BCUT2D eigenvalue weighted by Crippen LogP contribution is -2.30. The highest BCUT2D eigenvalue weighted by Gasteiger charge is 2.30. The van der Waals surface area contributed by atoms with Crippen molar-refractivity contribution in [1.29, 1.82) is 0 Å². The standard InChI is InChI=1S/C25H23BN6O4S/c1-31(10-11-33)23(34)14-5-8-19(17(26)12-14)32-21-16(20(30-32)15-4-3-9-27-13-15)6-7-18-22(21)37-24(28-18)29-25(35)36-2/h3-5,8-9,12-13,33H,6-7,10-11H2,1-2H3,(H,28,29,35). The third-order valence-electron chi connectivity index (χ3n) is 6.12. The molecule has 2 amide bonds. The Hall–Kier alpha value is -4.03. The van der Waals surface area contributed by atoms with Gasteiger partial charge >= 0.3 is 6.09 Å². The van der Waals surface area contributed by atoms with Crippen LogP contribution < -0.4 is 10.8 Å². The molecule has 3 heterocycles. The van der Waals surface area contributed by atoms with E-state index in [-0.39, 0.29) is 19.1 Å². The molecule has 186 valence electrons. The van der Waals surface area contributed by atoms with E-state index in [9.17, 15) is 9.59 Å². The fraction of sp³-hybridized carbons (Fsp3) is 0.240. The highest BCUT2D eigenvalue weighted by molar-refractivity contribution is 7.19. The summed E-state index contributed by atoms with van der Waals surface area (Å²) in [5.74, 6) is -0.242. The first-order valence-electron chi connectivity index (χ1n) is 11.5. The number of thiazole rings is 1.